The fraction of sp³-hybridized carbons (Fsp3) is 0.769. The first-order valence-corrected chi connectivity index (χ1v) is 6.52. The number of hydrogen-bond acceptors (Lipinski definition) is 3. The van der Waals surface area contributed by atoms with E-state index < -0.39 is 0 Å². The first-order valence-electron chi connectivity index (χ1n) is 6.52. The van der Waals surface area contributed by atoms with E-state index in [1.165, 1.54) is 18.4 Å². The molecule has 17 heavy (non-hydrogen) atoms. The number of nitrogens with zero attached hydrogens (tertiary/aromatic N) is 3. The molecule has 1 atom stereocenters. The minimum absolute atomic E-state index is 0.597. The van der Waals surface area contributed by atoms with E-state index in [2.05, 4.69) is 42.4 Å². The molecule has 0 saturated heterocycles. The molecule has 1 unspecified atom stereocenters. The minimum atomic E-state index is 0.597. The number of rotatable bonds is 8. The van der Waals surface area contributed by atoms with Gasteiger partial charge in [-0.25, -0.2) is 0 Å². The Balaban J connectivity index is 2.24. The Bertz CT molecular complexity index is 308. The van der Waals surface area contributed by atoms with Crippen molar-refractivity contribution in [2.24, 2.45) is 7.05 Å². The molecular formula is C13H26N4. The van der Waals surface area contributed by atoms with Crippen LogP contribution in [0.15, 0.2) is 12.4 Å². The molecular weight excluding hydrogens is 212 g/mol. The number of nitrogens with one attached hydrogen (secondary N) is 1. The molecule has 1 aromatic rings. The maximum atomic E-state index is 4.19. The summed E-state index contributed by atoms with van der Waals surface area (Å²) in [4.78, 5) is 2.38. The zero-order valence-corrected chi connectivity index (χ0v) is 11.6. The predicted molar refractivity (Wildman–Crippen MR) is 71.9 cm³/mol. The van der Waals surface area contributed by atoms with E-state index in [1.54, 1.807) is 0 Å². The van der Waals surface area contributed by atoms with Crippen molar-refractivity contribution in [1.82, 2.24) is 20.0 Å². The average molecular weight is 238 g/mol. The minimum Gasteiger partial charge on any atom is -0.317 e. The zero-order chi connectivity index (χ0) is 12.7. The monoisotopic (exact) mass is 238 g/mol. The molecule has 4 nitrogen and oxygen atoms in total. The lowest BCUT2D eigenvalue weighted by atomic mass is 10.2. The lowest BCUT2D eigenvalue weighted by Crippen LogP contribution is -2.31. The van der Waals surface area contributed by atoms with Gasteiger partial charge in [-0.3, -0.25) is 9.58 Å². The molecule has 1 aromatic heterocycles. The van der Waals surface area contributed by atoms with Crippen molar-refractivity contribution in [1.29, 1.82) is 0 Å². The molecule has 98 valence electrons. The van der Waals surface area contributed by atoms with Gasteiger partial charge in [0.1, 0.15) is 0 Å². The maximum Gasteiger partial charge on any atom is 0.0534 e. The van der Waals surface area contributed by atoms with E-state index in [9.17, 15) is 0 Å². The van der Waals surface area contributed by atoms with Gasteiger partial charge in [-0.05, 0) is 39.9 Å². The van der Waals surface area contributed by atoms with E-state index in [1.807, 2.05) is 17.9 Å². The van der Waals surface area contributed by atoms with Gasteiger partial charge in [0.25, 0.3) is 0 Å². The normalized spacial score (nSPS) is 13.2. The summed E-state index contributed by atoms with van der Waals surface area (Å²) in [6.07, 6.45) is 6.42. The van der Waals surface area contributed by atoms with Crippen LogP contribution >= 0.6 is 0 Å². The predicted octanol–water partition coefficient (Wildman–Crippen LogP) is 1.63. The molecule has 1 N–H and O–H groups in total. The Morgan fingerprint density at radius 3 is 2.82 bits per heavy atom. The van der Waals surface area contributed by atoms with E-state index in [-0.39, 0.29) is 0 Å². The standard InChI is InChI=1S/C13H26N4/c1-5-7-14-8-6-12(2)16(3)10-13-9-15-17(4)11-13/h9,11-12,14H,5-8,10H2,1-4H3. The summed E-state index contributed by atoms with van der Waals surface area (Å²) in [6, 6.07) is 0.597. The van der Waals surface area contributed by atoms with Gasteiger partial charge >= 0.3 is 0 Å². The Hall–Kier alpha value is -0.870. The van der Waals surface area contributed by atoms with Crippen molar-refractivity contribution in [3.05, 3.63) is 18.0 Å². The van der Waals surface area contributed by atoms with Gasteiger partial charge in [0.05, 0.1) is 6.20 Å². The van der Waals surface area contributed by atoms with Crippen LogP contribution in [-0.2, 0) is 13.6 Å². The largest absolute Gasteiger partial charge is 0.317 e. The average Bonchev–Trinajstić information content (AvgIpc) is 2.70. The van der Waals surface area contributed by atoms with Crippen molar-refractivity contribution in [3.8, 4) is 0 Å². The van der Waals surface area contributed by atoms with E-state index in [4.69, 9.17) is 0 Å². The SMILES string of the molecule is CCCNCCC(C)N(C)Cc1cnn(C)c1. The van der Waals surface area contributed by atoms with Crippen molar-refractivity contribution >= 4 is 0 Å². The van der Waals surface area contributed by atoms with Crippen LogP contribution in [0.4, 0.5) is 0 Å². The molecule has 1 rings (SSSR count). The van der Waals surface area contributed by atoms with Gasteiger partial charge in [0.15, 0.2) is 0 Å². The lowest BCUT2D eigenvalue weighted by Gasteiger charge is -2.24. The van der Waals surface area contributed by atoms with Crippen molar-refractivity contribution in [2.75, 3.05) is 20.1 Å². The first kappa shape index (κ1) is 14.2. The number of hydrogen-bond donors (Lipinski definition) is 1. The van der Waals surface area contributed by atoms with Gasteiger partial charge in [-0.15, -0.1) is 0 Å². The molecule has 0 aliphatic rings. The summed E-state index contributed by atoms with van der Waals surface area (Å²) in [5.41, 5.74) is 1.28. The third kappa shape index (κ3) is 5.33. The summed E-state index contributed by atoms with van der Waals surface area (Å²) in [6.45, 7) is 7.68. The maximum absolute atomic E-state index is 4.19. The Morgan fingerprint density at radius 2 is 2.24 bits per heavy atom. The molecule has 0 spiro atoms. The van der Waals surface area contributed by atoms with Gasteiger partial charge in [0.2, 0.25) is 0 Å². The lowest BCUT2D eigenvalue weighted by molar-refractivity contribution is 0.236. The van der Waals surface area contributed by atoms with Crippen LogP contribution in [0.2, 0.25) is 0 Å². The smallest absolute Gasteiger partial charge is 0.0534 e. The Kier molecular flexibility index (Phi) is 6.22. The second-order valence-corrected chi connectivity index (χ2v) is 4.83. The van der Waals surface area contributed by atoms with Gasteiger partial charge in [0, 0.05) is 31.4 Å². The topological polar surface area (TPSA) is 33.1 Å². The highest BCUT2D eigenvalue weighted by Gasteiger charge is 2.09. The highest BCUT2D eigenvalue weighted by atomic mass is 15.2. The summed E-state index contributed by atoms with van der Waals surface area (Å²) >= 11 is 0. The van der Waals surface area contributed by atoms with Crippen molar-refractivity contribution < 1.29 is 0 Å². The molecule has 0 bridgehead atoms. The number of aromatic nitrogens is 2. The van der Waals surface area contributed by atoms with Crippen LogP contribution in [-0.4, -0.2) is 40.9 Å². The summed E-state index contributed by atoms with van der Waals surface area (Å²) < 4.78 is 1.86. The van der Waals surface area contributed by atoms with Crippen LogP contribution in [0.25, 0.3) is 0 Å². The van der Waals surface area contributed by atoms with Crippen LogP contribution in [0.1, 0.15) is 32.3 Å². The zero-order valence-electron chi connectivity index (χ0n) is 11.6. The fourth-order valence-electron chi connectivity index (χ4n) is 1.83. The Morgan fingerprint density at radius 1 is 1.47 bits per heavy atom. The third-order valence-electron chi connectivity index (χ3n) is 3.11. The van der Waals surface area contributed by atoms with E-state index in [0.29, 0.717) is 6.04 Å². The first-order chi connectivity index (χ1) is 8.13. The van der Waals surface area contributed by atoms with Gasteiger partial charge < -0.3 is 5.32 Å². The van der Waals surface area contributed by atoms with Crippen LogP contribution in [0.3, 0.4) is 0 Å². The number of aryl methyl sites for hydroxylation is 1. The molecule has 0 radical (unpaired) electrons. The molecule has 1 heterocycles. The van der Waals surface area contributed by atoms with Crippen molar-refractivity contribution in [2.45, 2.75) is 39.3 Å². The molecule has 0 aromatic carbocycles. The molecule has 0 aliphatic carbocycles. The van der Waals surface area contributed by atoms with Gasteiger partial charge in [-0.1, -0.05) is 6.92 Å². The molecule has 0 saturated carbocycles. The van der Waals surface area contributed by atoms with E-state index >= 15 is 0 Å². The van der Waals surface area contributed by atoms with Crippen molar-refractivity contribution in [3.63, 3.8) is 0 Å². The Labute approximate surface area is 105 Å². The second-order valence-electron chi connectivity index (χ2n) is 4.83. The second kappa shape index (κ2) is 7.45. The quantitative estimate of drug-likeness (QED) is 0.699. The molecule has 4 heteroatoms. The van der Waals surface area contributed by atoms with Crippen LogP contribution in [0, 0.1) is 0 Å². The fourth-order valence-corrected chi connectivity index (χ4v) is 1.83. The summed E-state index contributed by atoms with van der Waals surface area (Å²) in [7, 11) is 4.14. The summed E-state index contributed by atoms with van der Waals surface area (Å²) in [5.74, 6) is 0. The third-order valence-corrected chi connectivity index (χ3v) is 3.11. The van der Waals surface area contributed by atoms with Crippen LogP contribution in [0.5, 0.6) is 0 Å². The molecule has 0 amide bonds. The molecule has 0 aliphatic heterocycles. The van der Waals surface area contributed by atoms with E-state index in [0.717, 1.165) is 19.6 Å². The van der Waals surface area contributed by atoms with Gasteiger partial charge in [-0.2, -0.15) is 5.10 Å². The highest BCUT2D eigenvalue weighted by molar-refractivity contribution is 5.03. The summed E-state index contributed by atoms with van der Waals surface area (Å²) in [5, 5.41) is 7.64. The van der Waals surface area contributed by atoms with Crippen LogP contribution < -0.4 is 5.32 Å². The molecule has 0 fully saturated rings. The highest BCUT2D eigenvalue weighted by Crippen LogP contribution is 2.07.